The number of hydrogen-bond acceptors (Lipinski definition) is 0. The Balaban J connectivity index is 4.46. The molecule has 0 radical (unpaired) electrons. The van der Waals surface area contributed by atoms with Gasteiger partial charge in [-0.1, -0.05) is 50.1 Å². The summed E-state index contributed by atoms with van der Waals surface area (Å²) in [4.78, 5) is -0.845. The normalized spacial score (nSPS) is 22.7. The van der Waals surface area contributed by atoms with E-state index in [1.54, 1.807) is 6.08 Å². The van der Waals surface area contributed by atoms with E-state index in [0.29, 0.717) is 5.33 Å². The first kappa shape index (κ1) is 15.0. The maximum Gasteiger partial charge on any atom is 0.0754 e. The van der Waals surface area contributed by atoms with Crippen LogP contribution in [0.1, 0.15) is 13.8 Å². The van der Waals surface area contributed by atoms with Crippen LogP contribution in [0.15, 0.2) is 24.8 Å². The van der Waals surface area contributed by atoms with Crippen molar-refractivity contribution in [1.82, 2.24) is 0 Å². The highest BCUT2D eigenvalue weighted by atomic mass is 79.9. The molecule has 0 nitrogen and oxygen atoms in total. The highest BCUT2D eigenvalue weighted by molar-refractivity contribution is 9.09. The smallest absolute Gasteiger partial charge is 0.0754 e. The number of hydrogen-bond donors (Lipinski definition) is 0. The lowest BCUT2D eigenvalue weighted by molar-refractivity contribution is 0.807. The predicted molar refractivity (Wildman–Crippen MR) is 74.4 cm³/mol. The van der Waals surface area contributed by atoms with Crippen molar-refractivity contribution in [2.75, 3.05) is 5.33 Å². The lowest BCUT2D eigenvalue weighted by atomic mass is 10.1. The van der Waals surface area contributed by atoms with Crippen molar-refractivity contribution in [1.29, 1.82) is 0 Å². The molecule has 0 aliphatic heterocycles. The van der Waals surface area contributed by atoms with Crippen molar-refractivity contribution < 1.29 is 0 Å². The van der Waals surface area contributed by atoms with Crippen molar-refractivity contribution in [3.05, 3.63) is 24.8 Å². The maximum absolute atomic E-state index is 6.17. The molecule has 14 heavy (non-hydrogen) atoms. The summed E-state index contributed by atoms with van der Waals surface area (Å²) in [6.45, 7) is 7.50. The second kappa shape index (κ2) is 5.93. The molecule has 0 N–H and O–H groups in total. The van der Waals surface area contributed by atoms with Gasteiger partial charge in [0.15, 0.2) is 0 Å². The average molecular weight is 365 g/mol. The van der Waals surface area contributed by atoms with Crippen molar-refractivity contribution in [2.45, 2.75) is 28.4 Å². The summed E-state index contributed by atoms with van der Waals surface area (Å²) < 4.78 is 0. The molecule has 0 aromatic carbocycles. The molecular formula is C10H14Br2Cl2. The fourth-order valence-corrected chi connectivity index (χ4v) is 1.30. The summed E-state index contributed by atoms with van der Waals surface area (Å²) >= 11 is 19.1. The third kappa shape index (κ3) is 5.20. The van der Waals surface area contributed by atoms with Gasteiger partial charge >= 0.3 is 0 Å². The van der Waals surface area contributed by atoms with Crippen LogP contribution in [0.4, 0.5) is 0 Å². The van der Waals surface area contributed by atoms with E-state index in [0.717, 1.165) is 0 Å². The van der Waals surface area contributed by atoms with E-state index in [2.05, 4.69) is 38.4 Å². The van der Waals surface area contributed by atoms with Crippen LogP contribution < -0.4 is 0 Å². The van der Waals surface area contributed by atoms with E-state index in [4.69, 9.17) is 23.2 Å². The van der Waals surface area contributed by atoms with E-state index < -0.39 is 4.87 Å². The SMILES string of the molecule is C=C[C@](C)(Cl)[C@@H](Br)/C=C/[C@](C)(Cl)CBr. The van der Waals surface area contributed by atoms with Crippen LogP contribution >= 0.6 is 55.1 Å². The zero-order valence-electron chi connectivity index (χ0n) is 8.24. The highest BCUT2D eigenvalue weighted by Gasteiger charge is 2.25. The molecule has 0 aromatic rings. The van der Waals surface area contributed by atoms with Crippen molar-refractivity contribution in [2.24, 2.45) is 0 Å². The fourth-order valence-electron chi connectivity index (χ4n) is 0.630. The largest absolute Gasteiger partial charge is 0.114 e. The van der Waals surface area contributed by atoms with Crippen molar-refractivity contribution in [3.8, 4) is 0 Å². The fraction of sp³-hybridized carbons (Fsp3) is 0.600. The Morgan fingerprint density at radius 3 is 2.29 bits per heavy atom. The van der Waals surface area contributed by atoms with Crippen LogP contribution in [0.3, 0.4) is 0 Å². The Labute approximate surface area is 113 Å². The molecule has 0 spiro atoms. The van der Waals surface area contributed by atoms with Gasteiger partial charge in [-0.25, -0.2) is 0 Å². The first-order chi connectivity index (χ1) is 6.25. The number of halogens is 4. The van der Waals surface area contributed by atoms with Crippen LogP contribution in [0.5, 0.6) is 0 Å². The molecule has 0 unspecified atom stereocenters. The molecular weight excluding hydrogens is 351 g/mol. The highest BCUT2D eigenvalue weighted by Crippen LogP contribution is 2.29. The van der Waals surface area contributed by atoms with Crippen LogP contribution in [-0.2, 0) is 0 Å². The van der Waals surface area contributed by atoms with E-state index >= 15 is 0 Å². The molecule has 0 aliphatic carbocycles. The molecule has 0 bridgehead atoms. The minimum absolute atomic E-state index is 0.0197. The molecule has 82 valence electrons. The summed E-state index contributed by atoms with van der Waals surface area (Å²) in [6, 6.07) is 0. The van der Waals surface area contributed by atoms with Gasteiger partial charge in [0, 0.05) is 5.33 Å². The van der Waals surface area contributed by atoms with Crippen molar-refractivity contribution >= 4 is 55.1 Å². The zero-order valence-corrected chi connectivity index (χ0v) is 12.9. The number of alkyl halides is 4. The molecule has 0 aromatic heterocycles. The molecule has 0 heterocycles. The van der Waals surface area contributed by atoms with Gasteiger partial charge in [-0.3, -0.25) is 0 Å². The molecule has 0 saturated heterocycles. The standard InChI is InChI=1S/C10H14Br2Cl2/c1-4-10(3,14)8(12)5-6-9(2,13)7-11/h4-6,8H,1,7H2,2-3H3/b6-5+/t8-,9-,10-/m0/s1. The van der Waals surface area contributed by atoms with Gasteiger partial charge in [0.2, 0.25) is 0 Å². The van der Waals surface area contributed by atoms with Gasteiger partial charge in [-0.15, -0.1) is 29.8 Å². The zero-order chi connectivity index (χ0) is 11.4. The average Bonchev–Trinajstić information content (AvgIpc) is 2.14. The van der Waals surface area contributed by atoms with Gasteiger partial charge in [0.25, 0.3) is 0 Å². The van der Waals surface area contributed by atoms with Gasteiger partial charge < -0.3 is 0 Å². The Morgan fingerprint density at radius 1 is 1.43 bits per heavy atom. The van der Waals surface area contributed by atoms with Crippen LogP contribution in [0.25, 0.3) is 0 Å². The van der Waals surface area contributed by atoms with Gasteiger partial charge in [-0.05, 0) is 13.8 Å². The predicted octanol–water partition coefficient (Wildman–Crippen LogP) is 4.88. The summed E-state index contributed by atoms with van der Waals surface area (Å²) in [5.74, 6) is 0. The van der Waals surface area contributed by atoms with Gasteiger partial charge in [-0.2, -0.15) is 0 Å². The van der Waals surface area contributed by atoms with Crippen LogP contribution in [-0.4, -0.2) is 19.9 Å². The second-order valence-electron chi connectivity index (χ2n) is 3.53. The van der Waals surface area contributed by atoms with Crippen molar-refractivity contribution in [3.63, 3.8) is 0 Å². The van der Waals surface area contributed by atoms with Gasteiger partial charge in [0.1, 0.15) is 0 Å². The minimum atomic E-state index is -0.490. The lowest BCUT2D eigenvalue weighted by Gasteiger charge is -2.22. The summed E-state index contributed by atoms with van der Waals surface area (Å²) in [7, 11) is 0. The monoisotopic (exact) mass is 362 g/mol. The lowest BCUT2D eigenvalue weighted by Crippen LogP contribution is -2.25. The Hall–Kier alpha value is 1.02. The van der Waals surface area contributed by atoms with E-state index in [-0.39, 0.29) is 9.70 Å². The maximum atomic E-state index is 6.17. The first-order valence-electron chi connectivity index (χ1n) is 4.16. The van der Waals surface area contributed by atoms with E-state index in [1.807, 2.05) is 26.0 Å². The summed E-state index contributed by atoms with van der Waals surface area (Å²) in [6.07, 6.45) is 5.58. The Bertz CT molecular complexity index is 222. The molecule has 0 saturated carbocycles. The molecule has 4 heteroatoms. The second-order valence-corrected chi connectivity index (χ2v) is 6.75. The molecule has 3 atom stereocenters. The Kier molecular flexibility index (Phi) is 6.36. The van der Waals surface area contributed by atoms with Crippen LogP contribution in [0, 0.1) is 0 Å². The van der Waals surface area contributed by atoms with E-state index in [1.165, 1.54) is 0 Å². The molecule has 0 rings (SSSR count). The summed E-state index contributed by atoms with van der Waals surface area (Å²) in [5.41, 5.74) is 0. The minimum Gasteiger partial charge on any atom is -0.114 e. The first-order valence-corrected chi connectivity index (χ1v) is 6.95. The molecule has 0 fully saturated rings. The number of allylic oxidation sites excluding steroid dienone is 3. The van der Waals surface area contributed by atoms with E-state index in [9.17, 15) is 0 Å². The van der Waals surface area contributed by atoms with Crippen LogP contribution in [0.2, 0.25) is 0 Å². The third-order valence-electron chi connectivity index (χ3n) is 1.81. The van der Waals surface area contributed by atoms with Gasteiger partial charge in [0.05, 0.1) is 14.6 Å². The molecule has 0 aliphatic rings. The quantitative estimate of drug-likeness (QED) is 0.481. The third-order valence-corrected chi connectivity index (χ3v) is 5.47. The number of rotatable bonds is 5. The molecule has 0 amide bonds. The topological polar surface area (TPSA) is 0 Å². The summed E-state index contributed by atoms with van der Waals surface area (Å²) in [5, 5.41) is 0.699. The Morgan fingerprint density at radius 2 is 1.93 bits per heavy atom.